The maximum absolute atomic E-state index is 12.6. The Hall–Kier alpha value is -3.76. The number of carbonyl (C=O) groups excluding carboxylic acids is 1. The minimum absolute atomic E-state index is 0.130. The molecule has 8 nitrogen and oxygen atoms in total. The highest BCUT2D eigenvalue weighted by Gasteiger charge is 2.31. The van der Waals surface area contributed by atoms with Gasteiger partial charge in [0.1, 0.15) is 11.8 Å². The first-order chi connectivity index (χ1) is 17.4. The number of benzene rings is 2. The van der Waals surface area contributed by atoms with Gasteiger partial charge in [-0.25, -0.2) is 4.98 Å². The molecule has 198 valence electrons. The molecule has 1 fully saturated rings. The number of anilines is 2. The number of carboxylic acids is 1. The van der Waals surface area contributed by atoms with Gasteiger partial charge in [-0.2, -0.15) is 0 Å². The normalized spacial score (nSPS) is 20.9. The van der Waals surface area contributed by atoms with E-state index in [-0.39, 0.29) is 17.4 Å². The average molecular weight is 519 g/mol. The number of imidazole rings is 1. The van der Waals surface area contributed by atoms with Gasteiger partial charge in [0.15, 0.2) is 0 Å². The van der Waals surface area contributed by atoms with Crippen LogP contribution in [-0.2, 0) is 4.79 Å². The largest absolute Gasteiger partial charge is 0.573 e. The van der Waals surface area contributed by atoms with Crippen LogP contribution in [0.2, 0.25) is 0 Å². The van der Waals surface area contributed by atoms with Crippen molar-refractivity contribution in [2.75, 3.05) is 5.32 Å². The van der Waals surface area contributed by atoms with Gasteiger partial charge in [0.05, 0.1) is 11.0 Å². The van der Waals surface area contributed by atoms with E-state index in [1.165, 1.54) is 31.2 Å². The third kappa shape index (κ3) is 6.33. The monoisotopic (exact) mass is 518 g/mol. The quantitative estimate of drug-likeness (QED) is 0.361. The van der Waals surface area contributed by atoms with Crippen LogP contribution < -0.4 is 15.4 Å². The molecule has 1 saturated carbocycles. The Morgan fingerprint density at radius 2 is 1.73 bits per heavy atom. The number of rotatable bonds is 7. The summed E-state index contributed by atoms with van der Waals surface area (Å²) in [6.07, 6.45) is -1.79. The predicted molar refractivity (Wildman–Crippen MR) is 132 cm³/mol. The molecule has 0 bridgehead atoms. The van der Waals surface area contributed by atoms with Gasteiger partial charge in [-0.05, 0) is 80.5 Å². The second kappa shape index (κ2) is 10.3. The van der Waals surface area contributed by atoms with E-state index in [0.717, 1.165) is 24.8 Å². The number of amides is 1. The highest BCUT2D eigenvalue weighted by molar-refractivity contribution is 5.99. The van der Waals surface area contributed by atoms with Crippen molar-refractivity contribution in [1.82, 2.24) is 14.9 Å². The summed E-state index contributed by atoms with van der Waals surface area (Å²) in [6, 6.07) is 9.51. The number of hydrogen-bond acceptors (Lipinski definition) is 5. The summed E-state index contributed by atoms with van der Waals surface area (Å²) in [5, 5.41) is 14.7. The fourth-order valence-corrected chi connectivity index (χ4v) is 5.02. The van der Waals surface area contributed by atoms with Crippen molar-refractivity contribution < 1.29 is 32.6 Å². The Labute approximate surface area is 211 Å². The van der Waals surface area contributed by atoms with E-state index < -0.39 is 24.3 Å². The van der Waals surface area contributed by atoms with Crippen molar-refractivity contribution in [1.29, 1.82) is 0 Å². The minimum atomic E-state index is -4.77. The number of alkyl halides is 3. The standard InChI is InChI=1S/C26H29F3N4O4/c1-14-10-15(2)12-19(11-14)33-22-9-4-17(23(34)30-16(3)24(35)36)13-21(22)32-25(33)31-18-5-7-20(8-6-18)37-26(27,28)29/h4-9,13-16,19H,10-12H2,1-3H3,(H,30,34)(H,31,32)(H,35,36)/t14-,15?,16-,19?/m1/s1. The van der Waals surface area contributed by atoms with E-state index in [2.05, 4.69) is 33.8 Å². The molecule has 4 rings (SSSR count). The number of ether oxygens (including phenoxy) is 1. The van der Waals surface area contributed by atoms with Gasteiger partial charge < -0.3 is 25.0 Å². The first kappa shape index (κ1) is 26.3. The van der Waals surface area contributed by atoms with Gasteiger partial charge in [0.2, 0.25) is 5.95 Å². The first-order valence-electron chi connectivity index (χ1n) is 12.1. The molecule has 2 unspecified atom stereocenters. The van der Waals surface area contributed by atoms with Crippen LogP contribution in [0.4, 0.5) is 24.8 Å². The minimum Gasteiger partial charge on any atom is -0.480 e. The van der Waals surface area contributed by atoms with Crippen LogP contribution in [0.3, 0.4) is 0 Å². The van der Waals surface area contributed by atoms with Crippen molar-refractivity contribution in [3.8, 4) is 5.75 Å². The number of carboxylic acid groups (broad SMARTS) is 1. The first-order valence-corrected chi connectivity index (χ1v) is 12.1. The summed E-state index contributed by atoms with van der Waals surface area (Å²) in [7, 11) is 0. The predicted octanol–water partition coefficient (Wildman–Crippen LogP) is 5.88. The third-order valence-corrected chi connectivity index (χ3v) is 6.53. The van der Waals surface area contributed by atoms with E-state index >= 15 is 0 Å². The molecule has 1 heterocycles. The van der Waals surface area contributed by atoms with E-state index in [9.17, 15) is 22.8 Å². The molecule has 37 heavy (non-hydrogen) atoms. The van der Waals surface area contributed by atoms with Crippen LogP contribution in [0.5, 0.6) is 5.75 Å². The summed E-state index contributed by atoms with van der Waals surface area (Å²) in [5.41, 5.74) is 2.14. The van der Waals surface area contributed by atoms with Gasteiger partial charge >= 0.3 is 12.3 Å². The average Bonchev–Trinajstić information content (AvgIpc) is 3.15. The topological polar surface area (TPSA) is 105 Å². The third-order valence-electron chi connectivity index (χ3n) is 6.53. The second-order valence-electron chi connectivity index (χ2n) is 9.81. The van der Waals surface area contributed by atoms with Crippen LogP contribution in [0.15, 0.2) is 42.5 Å². The molecule has 0 saturated heterocycles. The molecule has 0 radical (unpaired) electrons. The molecule has 0 aliphatic heterocycles. The number of aliphatic carboxylic acids is 1. The van der Waals surface area contributed by atoms with E-state index in [4.69, 9.17) is 10.1 Å². The number of halogens is 3. The number of nitrogens with one attached hydrogen (secondary N) is 2. The molecule has 4 atom stereocenters. The molecule has 2 aromatic carbocycles. The van der Waals surface area contributed by atoms with Crippen molar-refractivity contribution in [2.24, 2.45) is 11.8 Å². The molecule has 3 aromatic rings. The Morgan fingerprint density at radius 3 is 2.32 bits per heavy atom. The second-order valence-corrected chi connectivity index (χ2v) is 9.81. The van der Waals surface area contributed by atoms with Gasteiger partial charge in [0.25, 0.3) is 5.91 Å². The lowest BCUT2D eigenvalue weighted by molar-refractivity contribution is -0.274. The molecular formula is C26H29F3N4O4. The maximum Gasteiger partial charge on any atom is 0.573 e. The molecule has 1 aromatic heterocycles. The number of aromatic nitrogens is 2. The highest BCUT2D eigenvalue weighted by atomic mass is 19.4. The number of fused-ring (bicyclic) bond motifs is 1. The maximum atomic E-state index is 12.6. The Morgan fingerprint density at radius 1 is 1.08 bits per heavy atom. The van der Waals surface area contributed by atoms with E-state index in [1.807, 2.05) is 0 Å². The van der Waals surface area contributed by atoms with Crippen molar-refractivity contribution >= 4 is 34.5 Å². The Bertz CT molecular complexity index is 1280. The number of hydrogen-bond donors (Lipinski definition) is 3. The summed E-state index contributed by atoms with van der Waals surface area (Å²) < 4.78 is 43.6. The lowest BCUT2D eigenvalue weighted by Crippen LogP contribution is -2.38. The smallest absolute Gasteiger partial charge is 0.480 e. The molecule has 1 amide bonds. The summed E-state index contributed by atoms with van der Waals surface area (Å²) in [4.78, 5) is 28.4. The molecule has 11 heteroatoms. The summed E-state index contributed by atoms with van der Waals surface area (Å²) >= 11 is 0. The van der Waals surface area contributed by atoms with E-state index in [1.54, 1.807) is 18.2 Å². The Balaban J connectivity index is 1.69. The molecule has 3 N–H and O–H groups in total. The fourth-order valence-electron chi connectivity index (χ4n) is 5.02. The Kier molecular flexibility index (Phi) is 7.33. The highest BCUT2D eigenvalue weighted by Crippen LogP contribution is 2.40. The SMILES string of the molecule is CC1CC(n2c(Nc3ccc(OC(F)(F)F)cc3)nc3cc(C(=O)N[C@H](C)C(=O)O)ccc32)C[C@H](C)C1. The van der Waals surface area contributed by atoms with Crippen LogP contribution >= 0.6 is 0 Å². The molecule has 1 aliphatic carbocycles. The molecular weight excluding hydrogens is 489 g/mol. The van der Waals surface area contributed by atoms with Gasteiger partial charge in [-0.15, -0.1) is 13.2 Å². The van der Waals surface area contributed by atoms with Gasteiger partial charge in [-0.1, -0.05) is 13.8 Å². The van der Waals surface area contributed by atoms with Crippen molar-refractivity contribution in [3.63, 3.8) is 0 Å². The lowest BCUT2D eigenvalue weighted by Gasteiger charge is -2.33. The summed E-state index contributed by atoms with van der Waals surface area (Å²) in [6.45, 7) is 5.80. The van der Waals surface area contributed by atoms with Crippen molar-refractivity contribution in [3.05, 3.63) is 48.0 Å². The lowest BCUT2D eigenvalue weighted by atomic mass is 9.80. The van der Waals surface area contributed by atoms with Crippen LogP contribution in [0.1, 0.15) is 56.4 Å². The van der Waals surface area contributed by atoms with E-state index in [0.29, 0.717) is 29.0 Å². The van der Waals surface area contributed by atoms with Gasteiger partial charge in [-0.3, -0.25) is 9.59 Å². The van der Waals surface area contributed by atoms with Crippen LogP contribution in [0.25, 0.3) is 11.0 Å². The van der Waals surface area contributed by atoms with Gasteiger partial charge in [0, 0.05) is 17.3 Å². The van der Waals surface area contributed by atoms with Crippen LogP contribution in [0, 0.1) is 11.8 Å². The molecule has 1 aliphatic rings. The zero-order chi connectivity index (χ0) is 26.9. The number of nitrogens with zero attached hydrogens (tertiary/aromatic N) is 2. The zero-order valence-electron chi connectivity index (χ0n) is 20.7. The summed E-state index contributed by atoms with van der Waals surface area (Å²) in [5.74, 6) is -0.491. The zero-order valence-corrected chi connectivity index (χ0v) is 20.7. The fraction of sp³-hybridized carbons (Fsp3) is 0.423. The van der Waals surface area contributed by atoms with Crippen molar-refractivity contribution in [2.45, 2.75) is 58.5 Å². The number of carbonyl (C=O) groups is 2. The molecule has 0 spiro atoms. The van der Waals surface area contributed by atoms with Crippen LogP contribution in [-0.4, -0.2) is 38.9 Å².